The van der Waals surface area contributed by atoms with Crippen molar-refractivity contribution in [3.8, 4) is 5.75 Å². The predicted octanol–water partition coefficient (Wildman–Crippen LogP) is 0.783. The fraction of sp³-hybridized carbons (Fsp3) is 0.417. The van der Waals surface area contributed by atoms with Gasteiger partial charge in [0, 0.05) is 26.7 Å². The molecule has 0 unspecified atom stereocenters. The van der Waals surface area contributed by atoms with E-state index in [0.717, 1.165) is 8.61 Å². The van der Waals surface area contributed by atoms with Gasteiger partial charge in [-0.2, -0.15) is 12.7 Å². The Hall–Kier alpha value is -1.80. The Morgan fingerprint density at radius 2 is 2.00 bits per heavy atom. The Morgan fingerprint density at radius 1 is 1.35 bits per heavy atom. The molecule has 1 aromatic rings. The van der Waals surface area contributed by atoms with Crippen LogP contribution in [0, 0.1) is 0 Å². The Kier molecular flexibility index (Phi) is 5.34. The van der Waals surface area contributed by atoms with E-state index in [1.165, 1.54) is 21.2 Å². The van der Waals surface area contributed by atoms with Gasteiger partial charge in [-0.15, -0.1) is 0 Å². The molecular weight excluding hydrogens is 284 g/mol. The highest BCUT2D eigenvalue weighted by atomic mass is 32.2. The molecule has 7 nitrogen and oxygen atoms in total. The average molecular weight is 302 g/mol. The van der Waals surface area contributed by atoms with Crippen molar-refractivity contribution in [1.82, 2.24) is 4.31 Å². The van der Waals surface area contributed by atoms with Crippen molar-refractivity contribution >= 4 is 21.9 Å². The molecule has 20 heavy (non-hydrogen) atoms. The number of ether oxygens (including phenoxy) is 1. The van der Waals surface area contributed by atoms with Crippen LogP contribution < -0.4 is 9.04 Å². The number of methoxy groups -OCH3 is 1. The average Bonchev–Trinajstić information content (AvgIpc) is 2.43. The molecule has 8 heteroatoms. The van der Waals surface area contributed by atoms with Crippen molar-refractivity contribution in [1.29, 1.82) is 0 Å². The maximum absolute atomic E-state index is 12.3. The predicted molar refractivity (Wildman–Crippen MR) is 75.2 cm³/mol. The Labute approximate surface area is 118 Å². The van der Waals surface area contributed by atoms with Gasteiger partial charge in [-0.25, -0.2) is 0 Å². The Bertz CT molecular complexity index is 573. The van der Waals surface area contributed by atoms with Crippen LogP contribution in [0.5, 0.6) is 5.75 Å². The lowest BCUT2D eigenvalue weighted by atomic mass is 10.3. The van der Waals surface area contributed by atoms with E-state index in [9.17, 15) is 13.2 Å². The van der Waals surface area contributed by atoms with Crippen molar-refractivity contribution in [3.05, 3.63) is 24.3 Å². The molecular formula is C12H18N2O5S. The van der Waals surface area contributed by atoms with E-state index < -0.39 is 16.2 Å². The minimum Gasteiger partial charge on any atom is -0.497 e. The number of aliphatic carboxylic acids is 1. The van der Waals surface area contributed by atoms with Crippen molar-refractivity contribution < 1.29 is 23.1 Å². The second kappa shape index (κ2) is 6.58. The quantitative estimate of drug-likeness (QED) is 0.804. The molecule has 0 radical (unpaired) electrons. The van der Waals surface area contributed by atoms with E-state index >= 15 is 0 Å². The number of hydrogen-bond donors (Lipinski definition) is 1. The normalized spacial score (nSPS) is 11.4. The minimum absolute atomic E-state index is 0.0913. The molecule has 1 aromatic carbocycles. The molecule has 1 N–H and O–H groups in total. The summed E-state index contributed by atoms with van der Waals surface area (Å²) in [4.78, 5) is 10.5. The third-order valence-corrected chi connectivity index (χ3v) is 4.67. The molecule has 0 spiro atoms. The molecule has 0 amide bonds. The van der Waals surface area contributed by atoms with Crippen molar-refractivity contribution in [2.24, 2.45) is 0 Å². The monoisotopic (exact) mass is 302 g/mol. The Balaban J connectivity index is 2.92. The second-order valence-corrected chi connectivity index (χ2v) is 6.21. The zero-order chi connectivity index (χ0) is 15.3. The van der Waals surface area contributed by atoms with Crippen LogP contribution in [-0.2, 0) is 15.0 Å². The highest BCUT2D eigenvalue weighted by molar-refractivity contribution is 7.90. The van der Waals surface area contributed by atoms with Crippen LogP contribution in [0.2, 0.25) is 0 Å². The van der Waals surface area contributed by atoms with Crippen molar-refractivity contribution in [3.63, 3.8) is 0 Å². The van der Waals surface area contributed by atoms with Gasteiger partial charge >= 0.3 is 16.2 Å². The topological polar surface area (TPSA) is 87.2 Å². The van der Waals surface area contributed by atoms with E-state index in [1.807, 2.05) is 0 Å². The summed E-state index contributed by atoms with van der Waals surface area (Å²) in [5.74, 6) is -0.506. The van der Waals surface area contributed by atoms with Gasteiger partial charge in [0.2, 0.25) is 0 Å². The SMILES string of the molecule is COc1cccc(N(C)S(=O)(=O)N(C)CCC(=O)O)c1. The lowest BCUT2D eigenvalue weighted by Gasteiger charge is -2.25. The number of carboxylic acids is 1. The third kappa shape index (κ3) is 3.84. The third-order valence-electron chi connectivity index (χ3n) is 2.80. The maximum atomic E-state index is 12.3. The molecule has 112 valence electrons. The summed E-state index contributed by atoms with van der Waals surface area (Å²) in [6, 6.07) is 6.60. The first-order chi connectivity index (χ1) is 9.28. The first kappa shape index (κ1) is 16.3. The van der Waals surface area contributed by atoms with Crippen LogP contribution in [0.3, 0.4) is 0 Å². The van der Waals surface area contributed by atoms with Crippen molar-refractivity contribution in [2.45, 2.75) is 6.42 Å². The maximum Gasteiger partial charge on any atom is 0.304 e. The van der Waals surface area contributed by atoms with Gasteiger partial charge in [0.15, 0.2) is 0 Å². The largest absolute Gasteiger partial charge is 0.497 e. The second-order valence-electron chi connectivity index (χ2n) is 4.14. The summed E-state index contributed by atoms with van der Waals surface area (Å²) in [6.45, 7) is -0.0913. The number of benzene rings is 1. The zero-order valence-electron chi connectivity index (χ0n) is 11.6. The lowest BCUT2D eigenvalue weighted by Crippen LogP contribution is -2.40. The van der Waals surface area contributed by atoms with E-state index in [4.69, 9.17) is 9.84 Å². The molecule has 0 saturated carbocycles. The van der Waals surface area contributed by atoms with Gasteiger partial charge in [0.1, 0.15) is 5.75 Å². The molecule has 0 bridgehead atoms. The van der Waals surface area contributed by atoms with Gasteiger partial charge < -0.3 is 9.84 Å². The molecule has 0 atom stereocenters. The smallest absolute Gasteiger partial charge is 0.304 e. The van der Waals surface area contributed by atoms with Gasteiger partial charge in [-0.05, 0) is 12.1 Å². The van der Waals surface area contributed by atoms with E-state index in [1.54, 1.807) is 24.3 Å². The molecule has 0 saturated heterocycles. The summed E-state index contributed by atoms with van der Waals surface area (Å²) >= 11 is 0. The van der Waals surface area contributed by atoms with Gasteiger partial charge in [-0.1, -0.05) is 6.07 Å². The van der Waals surface area contributed by atoms with Crippen LogP contribution in [0.15, 0.2) is 24.3 Å². The summed E-state index contributed by atoms with van der Waals surface area (Å²) in [6.07, 6.45) is -0.248. The first-order valence-corrected chi connectivity index (χ1v) is 7.24. The summed E-state index contributed by atoms with van der Waals surface area (Å²) in [5, 5.41) is 8.60. The van der Waals surface area contributed by atoms with E-state index in [0.29, 0.717) is 11.4 Å². The fourth-order valence-corrected chi connectivity index (χ4v) is 2.64. The number of carboxylic acid groups (broad SMARTS) is 1. The number of rotatable bonds is 7. The zero-order valence-corrected chi connectivity index (χ0v) is 12.4. The van der Waals surface area contributed by atoms with E-state index in [2.05, 4.69) is 0 Å². The van der Waals surface area contributed by atoms with Crippen LogP contribution in [-0.4, -0.2) is 51.5 Å². The number of hydrogen-bond acceptors (Lipinski definition) is 4. The van der Waals surface area contributed by atoms with Gasteiger partial charge in [0.05, 0.1) is 19.2 Å². The number of nitrogens with zero attached hydrogens (tertiary/aromatic N) is 2. The molecule has 0 fully saturated rings. The van der Waals surface area contributed by atoms with Gasteiger partial charge in [-0.3, -0.25) is 9.10 Å². The number of carbonyl (C=O) groups is 1. The van der Waals surface area contributed by atoms with Gasteiger partial charge in [0.25, 0.3) is 0 Å². The lowest BCUT2D eigenvalue weighted by molar-refractivity contribution is -0.137. The van der Waals surface area contributed by atoms with Crippen LogP contribution >= 0.6 is 0 Å². The summed E-state index contributed by atoms with van der Waals surface area (Å²) < 4.78 is 31.6. The first-order valence-electron chi connectivity index (χ1n) is 5.85. The molecule has 0 heterocycles. The molecule has 0 aliphatic rings. The van der Waals surface area contributed by atoms with Crippen LogP contribution in [0.4, 0.5) is 5.69 Å². The summed E-state index contributed by atoms with van der Waals surface area (Å²) in [7, 11) is 0.474. The van der Waals surface area contributed by atoms with Crippen LogP contribution in [0.1, 0.15) is 6.42 Å². The molecule has 0 aromatic heterocycles. The minimum atomic E-state index is -3.76. The molecule has 0 aliphatic heterocycles. The number of anilines is 1. The summed E-state index contributed by atoms with van der Waals surface area (Å²) in [5.41, 5.74) is 0.437. The standard InChI is InChI=1S/C12H18N2O5S/c1-13(8-7-12(15)16)20(17,18)14(2)10-5-4-6-11(9-10)19-3/h4-6,9H,7-8H2,1-3H3,(H,15,16). The van der Waals surface area contributed by atoms with Crippen LogP contribution in [0.25, 0.3) is 0 Å². The molecule has 0 aliphatic carbocycles. The Morgan fingerprint density at radius 3 is 2.55 bits per heavy atom. The molecule has 1 rings (SSSR count). The van der Waals surface area contributed by atoms with E-state index in [-0.39, 0.29) is 13.0 Å². The highest BCUT2D eigenvalue weighted by Crippen LogP contribution is 2.23. The highest BCUT2D eigenvalue weighted by Gasteiger charge is 2.24. The van der Waals surface area contributed by atoms with Crippen molar-refractivity contribution in [2.75, 3.05) is 32.1 Å². The fourth-order valence-electron chi connectivity index (χ4n) is 1.52.